The molecule has 0 aliphatic carbocycles. The molecule has 3 heteroatoms. The summed E-state index contributed by atoms with van der Waals surface area (Å²) in [5, 5.41) is 0.793. The molecule has 0 aliphatic rings. The van der Waals surface area contributed by atoms with Crippen LogP contribution in [-0.2, 0) is 5.33 Å². The smallest absolute Gasteiger partial charge is 0.126 e. The number of ether oxygens (including phenoxy) is 2. The summed E-state index contributed by atoms with van der Waals surface area (Å²) in [5.41, 5.74) is 2.26. The van der Waals surface area contributed by atoms with Crippen molar-refractivity contribution < 1.29 is 9.47 Å². The van der Waals surface area contributed by atoms with Crippen LogP contribution in [0, 0.1) is 6.92 Å². The second-order valence-corrected chi connectivity index (χ2v) is 3.33. The first-order chi connectivity index (χ1) is 6.22. The standard InChI is InChI=1S/C10H13BrO2/c1-7-4-8(6-11)10(13-3)5-9(7)12-2/h4-5H,6H2,1-3H3. The van der Waals surface area contributed by atoms with Crippen molar-refractivity contribution >= 4 is 15.9 Å². The van der Waals surface area contributed by atoms with Crippen LogP contribution < -0.4 is 9.47 Å². The predicted molar refractivity (Wildman–Crippen MR) is 56.9 cm³/mol. The van der Waals surface area contributed by atoms with Gasteiger partial charge in [-0.3, -0.25) is 0 Å². The molecule has 0 atom stereocenters. The van der Waals surface area contributed by atoms with Crippen LogP contribution in [0.5, 0.6) is 11.5 Å². The largest absolute Gasteiger partial charge is 0.496 e. The number of hydrogen-bond acceptors (Lipinski definition) is 2. The zero-order valence-electron chi connectivity index (χ0n) is 8.06. The maximum atomic E-state index is 5.22. The molecule has 0 N–H and O–H groups in total. The van der Waals surface area contributed by atoms with Crippen molar-refractivity contribution in [1.82, 2.24) is 0 Å². The fourth-order valence-corrected chi connectivity index (χ4v) is 1.68. The molecule has 0 amide bonds. The number of benzene rings is 1. The van der Waals surface area contributed by atoms with Gasteiger partial charge in [-0.1, -0.05) is 15.9 Å². The molecule has 0 aliphatic heterocycles. The Morgan fingerprint density at radius 1 is 1.15 bits per heavy atom. The van der Waals surface area contributed by atoms with E-state index in [0.717, 1.165) is 28.0 Å². The summed E-state index contributed by atoms with van der Waals surface area (Å²) in [6, 6.07) is 3.97. The molecule has 0 unspecified atom stereocenters. The van der Waals surface area contributed by atoms with Crippen LogP contribution in [0.25, 0.3) is 0 Å². The van der Waals surface area contributed by atoms with Gasteiger partial charge in [0.1, 0.15) is 11.5 Å². The number of rotatable bonds is 3. The molecule has 0 spiro atoms. The van der Waals surface area contributed by atoms with Crippen LogP contribution in [0.2, 0.25) is 0 Å². The van der Waals surface area contributed by atoms with Gasteiger partial charge in [0.25, 0.3) is 0 Å². The molecule has 0 bridgehead atoms. The van der Waals surface area contributed by atoms with Crippen LogP contribution in [0.3, 0.4) is 0 Å². The summed E-state index contributed by atoms with van der Waals surface area (Å²) >= 11 is 3.41. The van der Waals surface area contributed by atoms with E-state index in [2.05, 4.69) is 22.0 Å². The fourth-order valence-electron chi connectivity index (χ4n) is 1.24. The summed E-state index contributed by atoms with van der Waals surface area (Å²) < 4.78 is 10.4. The molecule has 1 aromatic rings. The highest BCUT2D eigenvalue weighted by atomic mass is 79.9. The highest BCUT2D eigenvalue weighted by molar-refractivity contribution is 9.08. The van der Waals surface area contributed by atoms with Crippen molar-refractivity contribution in [3.63, 3.8) is 0 Å². The zero-order chi connectivity index (χ0) is 9.84. The van der Waals surface area contributed by atoms with E-state index >= 15 is 0 Å². The van der Waals surface area contributed by atoms with E-state index < -0.39 is 0 Å². The van der Waals surface area contributed by atoms with Gasteiger partial charge in [0.2, 0.25) is 0 Å². The van der Waals surface area contributed by atoms with Gasteiger partial charge >= 0.3 is 0 Å². The highest BCUT2D eigenvalue weighted by Gasteiger charge is 2.06. The van der Waals surface area contributed by atoms with Crippen molar-refractivity contribution in [3.05, 3.63) is 23.3 Å². The third-order valence-corrected chi connectivity index (χ3v) is 2.55. The van der Waals surface area contributed by atoms with Crippen LogP contribution in [-0.4, -0.2) is 14.2 Å². The Labute approximate surface area is 87.0 Å². The van der Waals surface area contributed by atoms with Crippen molar-refractivity contribution in [2.24, 2.45) is 0 Å². The number of alkyl halides is 1. The first-order valence-electron chi connectivity index (χ1n) is 4.00. The molecule has 0 aromatic heterocycles. The Morgan fingerprint density at radius 3 is 2.23 bits per heavy atom. The van der Waals surface area contributed by atoms with E-state index in [4.69, 9.17) is 9.47 Å². The third kappa shape index (κ3) is 2.15. The average Bonchev–Trinajstić information content (AvgIpc) is 2.17. The molecule has 13 heavy (non-hydrogen) atoms. The molecule has 2 nitrogen and oxygen atoms in total. The molecule has 0 saturated carbocycles. The van der Waals surface area contributed by atoms with E-state index in [1.165, 1.54) is 0 Å². The minimum atomic E-state index is 0.793. The van der Waals surface area contributed by atoms with E-state index in [9.17, 15) is 0 Å². The molecule has 1 rings (SSSR count). The summed E-state index contributed by atoms with van der Waals surface area (Å²) in [6.07, 6.45) is 0. The lowest BCUT2D eigenvalue weighted by atomic mass is 10.1. The molecular weight excluding hydrogens is 232 g/mol. The SMILES string of the molecule is COc1cc(OC)c(CBr)cc1C. The van der Waals surface area contributed by atoms with E-state index in [-0.39, 0.29) is 0 Å². The molecule has 72 valence electrons. The van der Waals surface area contributed by atoms with Gasteiger partial charge in [-0.25, -0.2) is 0 Å². The molecule has 0 fully saturated rings. The topological polar surface area (TPSA) is 18.5 Å². The molecule has 1 aromatic carbocycles. The number of halogens is 1. The van der Waals surface area contributed by atoms with Crippen LogP contribution in [0.1, 0.15) is 11.1 Å². The molecule has 0 saturated heterocycles. The fraction of sp³-hybridized carbons (Fsp3) is 0.400. The van der Waals surface area contributed by atoms with Gasteiger partial charge < -0.3 is 9.47 Å². The van der Waals surface area contributed by atoms with Crippen LogP contribution in [0.4, 0.5) is 0 Å². The Balaban J connectivity index is 3.18. The monoisotopic (exact) mass is 244 g/mol. The maximum Gasteiger partial charge on any atom is 0.126 e. The van der Waals surface area contributed by atoms with Crippen molar-refractivity contribution in [2.45, 2.75) is 12.3 Å². The van der Waals surface area contributed by atoms with Gasteiger partial charge in [0.15, 0.2) is 0 Å². The quantitative estimate of drug-likeness (QED) is 0.762. The van der Waals surface area contributed by atoms with Gasteiger partial charge in [0, 0.05) is 17.0 Å². The summed E-state index contributed by atoms with van der Waals surface area (Å²) in [6.45, 7) is 2.02. The summed E-state index contributed by atoms with van der Waals surface area (Å²) in [5.74, 6) is 1.72. The normalized spacial score (nSPS) is 9.85. The first kappa shape index (κ1) is 10.4. The van der Waals surface area contributed by atoms with Crippen LogP contribution in [0.15, 0.2) is 12.1 Å². The minimum absolute atomic E-state index is 0.793. The second-order valence-electron chi connectivity index (χ2n) is 2.77. The minimum Gasteiger partial charge on any atom is -0.496 e. The molecule has 0 radical (unpaired) electrons. The summed E-state index contributed by atoms with van der Waals surface area (Å²) in [7, 11) is 3.33. The summed E-state index contributed by atoms with van der Waals surface area (Å²) in [4.78, 5) is 0. The number of aryl methyl sites for hydroxylation is 1. The van der Waals surface area contributed by atoms with Crippen molar-refractivity contribution in [2.75, 3.05) is 14.2 Å². The van der Waals surface area contributed by atoms with Crippen LogP contribution >= 0.6 is 15.9 Å². The Bertz CT molecular complexity index is 297. The van der Waals surface area contributed by atoms with Gasteiger partial charge in [-0.2, -0.15) is 0 Å². The van der Waals surface area contributed by atoms with E-state index in [0.29, 0.717) is 0 Å². The molecule has 0 heterocycles. The number of methoxy groups -OCH3 is 2. The van der Waals surface area contributed by atoms with E-state index in [1.54, 1.807) is 14.2 Å². The lowest BCUT2D eigenvalue weighted by molar-refractivity contribution is 0.390. The highest BCUT2D eigenvalue weighted by Crippen LogP contribution is 2.29. The lowest BCUT2D eigenvalue weighted by Crippen LogP contribution is -1.94. The van der Waals surface area contributed by atoms with Gasteiger partial charge in [-0.15, -0.1) is 0 Å². The van der Waals surface area contributed by atoms with Gasteiger partial charge in [0.05, 0.1) is 14.2 Å². The Hall–Kier alpha value is -0.700. The predicted octanol–water partition coefficient (Wildman–Crippen LogP) is 2.91. The lowest BCUT2D eigenvalue weighted by Gasteiger charge is -2.10. The number of hydrogen-bond donors (Lipinski definition) is 0. The second kappa shape index (κ2) is 4.51. The Kier molecular flexibility index (Phi) is 3.60. The Morgan fingerprint density at radius 2 is 1.77 bits per heavy atom. The maximum absolute atomic E-state index is 5.22. The molecular formula is C10H13BrO2. The van der Waals surface area contributed by atoms with Crippen molar-refractivity contribution in [1.29, 1.82) is 0 Å². The first-order valence-corrected chi connectivity index (χ1v) is 5.12. The zero-order valence-corrected chi connectivity index (χ0v) is 9.64. The van der Waals surface area contributed by atoms with E-state index in [1.807, 2.05) is 13.0 Å². The third-order valence-electron chi connectivity index (χ3n) is 1.94. The van der Waals surface area contributed by atoms with Crippen molar-refractivity contribution in [3.8, 4) is 11.5 Å². The average molecular weight is 245 g/mol. The van der Waals surface area contributed by atoms with Gasteiger partial charge in [-0.05, 0) is 18.6 Å².